The summed E-state index contributed by atoms with van der Waals surface area (Å²) in [6, 6.07) is 0. The smallest absolute Gasteiger partial charge is 0.144 e. The average molecular weight is 145 g/mol. The molecule has 1 rings (SSSR count). The Morgan fingerprint density at radius 3 is 2.88 bits per heavy atom. The number of nitrogens with zero attached hydrogens (tertiary/aromatic N) is 3. The maximum absolute atomic E-state index is 4.77. The van der Waals surface area contributed by atoms with E-state index < -0.39 is 0 Å². The molecule has 1 aromatic heterocycles. The van der Waals surface area contributed by atoms with Crippen molar-refractivity contribution in [3.05, 3.63) is 17.2 Å². The van der Waals surface area contributed by atoms with Crippen LogP contribution in [-0.4, -0.2) is 14.5 Å². The molecule has 0 N–H and O–H groups in total. The first-order valence-electron chi connectivity index (χ1n) is 1.95. The molecule has 5 heteroatoms. The van der Waals surface area contributed by atoms with Crippen LogP contribution in [0.2, 0.25) is 0 Å². The van der Waals surface area contributed by atoms with E-state index in [2.05, 4.69) is 19.5 Å². The molecule has 0 aliphatic heterocycles. The van der Waals surface area contributed by atoms with Crippen molar-refractivity contribution in [2.45, 2.75) is 0 Å². The molecule has 0 aliphatic carbocycles. The second-order valence-electron chi connectivity index (χ2n) is 1.19. The minimum absolute atomic E-state index is 0.609. The molecule has 0 aliphatic rings. The van der Waals surface area contributed by atoms with E-state index in [0.717, 1.165) is 0 Å². The van der Waals surface area contributed by atoms with Gasteiger partial charge in [-0.05, 0) is 9.39 Å². The Hall–Kier alpha value is -0.340. The monoisotopic (exact) mass is 145 g/mol. The Morgan fingerprint density at radius 1 is 1.75 bits per heavy atom. The van der Waals surface area contributed by atoms with Gasteiger partial charge in [0.25, 0.3) is 0 Å². The van der Waals surface area contributed by atoms with Crippen molar-refractivity contribution in [2.24, 2.45) is 0 Å². The van der Waals surface area contributed by atoms with E-state index >= 15 is 0 Å². The molecule has 0 spiro atoms. The van der Waals surface area contributed by atoms with Crippen LogP contribution in [0.3, 0.4) is 0 Å². The number of hydrogen-bond acceptors (Lipinski definition) is 3. The van der Waals surface area contributed by atoms with Gasteiger partial charge in [-0.2, -0.15) is 5.10 Å². The zero-order valence-electron chi connectivity index (χ0n) is 3.98. The molecule has 42 valence electrons. The summed E-state index contributed by atoms with van der Waals surface area (Å²) in [6.45, 7) is 0. The molecule has 1 aromatic rings. The standard InChI is InChI=1S/C3H4N3PS/c7-6-3(8)1-4-2-5-6/h1-2H,7H2. The van der Waals surface area contributed by atoms with Crippen molar-refractivity contribution >= 4 is 21.6 Å². The van der Waals surface area contributed by atoms with Gasteiger partial charge in [-0.3, -0.25) is 0 Å². The van der Waals surface area contributed by atoms with Crippen molar-refractivity contribution in [2.75, 3.05) is 0 Å². The average Bonchev–Trinajstić information content (AvgIpc) is 1.77. The van der Waals surface area contributed by atoms with Gasteiger partial charge in [0.2, 0.25) is 0 Å². The Balaban J connectivity index is 3.35. The molecule has 8 heavy (non-hydrogen) atoms. The molecule has 0 saturated heterocycles. The Kier molecular flexibility index (Phi) is 1.65. The van der Waals surface area contributed by atoms with Crippen molar-refractivity contribution < 1.29 is 0 Å². The second-order valence-corrected chi connectivity index (χ2v) is 2.10. The van der Waals surface area contributed by atoms with Crippen LogP contribution in [0.5, 0.6) is 0 Å². The van der Waals surface area contributed by atoms with Crippen LogP contribution < -0.4 is 0 Å². The lowest BCUT2D eigenvalue weighted by atomic mass is 10.9. The van der Waals surface area contributed by atoms with E-state index in [9.17, 15) is 0 Å². The molecule has 0 fully saturated rings. The van der Waals surface area contributed by atoms with Crippen LogP contribution in [0.15, 0.2) is 12.5 Å². The van der Waals surface area contributed by atoms with Crippen LogP contribution in [0.4, 0.5) is 0 Å². The SMILES string of the molecule is Pn1ncncc1=S. The van der Waals surface area contributed by atoms with Crippen LogP contribution in [0, 0.1) is 4.64 Å². The predicted molar refractivity (Wildman–Crippen MR) is 36.0 cm³/mol. The maximum Gasteiger partial charge on any atom is 0.144 e. The molecule has 0 bridgehead atoms. The third kappa shape index (κ3) is 1.08. The van der Waals surface area contributed by atoms with Crippen LogP contribution >= 0.6 is 21.6 Å². The first kappa shape index (κ1) is 5.79. The third-order valence-corrected chi connectivity index (χ3v) is 1.54. The van der Waals surface area contributed by atoms with E-state index in [1.807, 2.05) is 0 Å². The zero-order valence-corrected chi connectivity index (χ0v) is 5.95. The van der Waals surface area contributed by atoms with Crippen LogP contribution in [0.25, 0.3) is 0 Å². The quantitative estimate of drug-likeness (QED) is 0.396. The lowest BCUT2D eigenvalue weighted by molar-refractivity contribution is 0.897. The first-order chi connectivity index (χ1) is 3.80. The summed E-state index contributed by atoms with van der Waals surface area (Å²) in [6.07, 6.45) is 3.00. The van der Waals surface area contributed by atoms with Gasteiger partial charge < -0.3 is 0 Å². The molecular weight excluding hydrogens is 141 g/mol. The molecule has 0 aromatic carbocycles. The Labute approximate surface area is 54.0 Å². The third-order valence-electron chi connectivity index (χ3n) is 0.653. The molecule has 1 unspecified atom stereocenters. The van der Waals surface area contributed by atoms with Gasteiger partial charge in [0, 0.05) is 0 Å². The lowest BCUT2D eigenvalue weighted by Crippen LogP contribution is -1.89. The fourth-order valence-electron chi connectivity index (χ4n) is 0.299. The molecule has 0 radical (unpaired) electrons. The van der Waals surface area contributed by atoms with Gasteiger partial charge in [0.05, 0.1) is 6.20 Å². The van der Waals surface area contributed by atoms with Gasteiger partial charge in [0.1, 0.15) is 11.0 Å². The zero-order chi connectivity index (χ0) is 5.98. The lowest BCUT2D eigenvalue weighted by Gasteiger charge is -1.89. The number of rotatable bonds is 0. The van der Waals surface area contributed by atoms with E-state index in [-0.39, 0.29) is 0 Å². The highest BCUT2D eigenvalue weighted by Gasteiger charge is 1.78. The first-order valence-corrected chi connectivity index (χ1v) is 2.87. The molecule has 1 heterocycles. The highest BCUT2D eigenvalue weighted by atomic mass is 32.1. The summed E-state index contributed by atoms with van der Waals surface area (Å²) in [5, 5.41) is 3.74. The summed E-state index contributed by atoms with van der Waals surface area (Å²) >= 11 is 4.77. The fourth-order valence-corrected chi connectivity index (χ4v) is 0.533. The van der Waals surface area contributed by atoms with Gasteiger partial charge in [0.15, 0.2) is 0 Å². The van der Waals surface area contributed by atoms with Crippen molar-refractivity contribution in [3.63, 3.8) is 0 Å². The summed E-state index contributed by atoms with van der Waals surface area (Å²) in [5.74, 6) is 0. The van der Waals surface area contributed by atoms with Gasteiger partial charge in [-0.1, -0.05) is 12.2 Å². The van der Waals surface area contributed by atoms with Crippen LogP contribution in [-0.2, 0) is 0 Å². The fraction of sp³-hybridized carbons (Fsp3) is 0. The van der Waals surface area contributed by atoms with E-state index in [4.69, 9.17) is 12.2 Å². The second kappa shape index (κ2) is 2.29. The van der Waals surface area contributed by atoms with E-state index in [0.29, 0.717) is 4.64 Å². The molecular formula is C3H4N3PS. The Bertz CT molecular complexity index is 232. The highest BCUT2D eigenvalue weighted by Crippen LogP contribution is 1.89. The molecule has 0 amide bonds. The largest absolute Gasteiger partial charge is 0.240 e. The van der Waals surface area contributed by atoms with E-state index in [1.165, 1.54) is 10.8 Å². The summed E-state index contributed by atoms with van der Waals surface area (Å²) < 4.78 is 2.11. The molecule has 3 nitrogen and oxygen atoms in total. The summed E-state index contributed by atoms with van der Waals surface area (Å²) in [7, 11) is 2.35. The molecule has 0 saturated carbocycles. The van der Waals surface area contributed by atoms with Crippen LogP contribution in [0.1, 0.15) is 0 Å². The van der Waals surface area contributed by atoms with Crippen molar-refractivity contribution in [1.82, 2.24) is 14.5 Å². The summed E-state index contributed by atoms with van der Waals surface area (Å²) in [5.41, 5.74) is 0. The minimum Gasteiger partial charge on any atom is -0.240 e. The Morgan fingerprint density at radius 2 is 2.50 bits per heavy atom. The van der Waals surface area contributed by atoms with Crippen molar-refractivity contribution in [3.8, 4) is 0 Å². The molecule has 1 atom stereocenters. The van der Waals surface area contributed by atoms with E-state index in [1.54, 1.807) is 6.20 Å². The van der Waals surface area contributed by atoms with Gasteiger partial charge in [-0.25, -0.2) is 9.44 Å². The topological polar surface area (TPSA) is 30.7 Å². The minimum atomic E-state index is 0.609. The van der Waals surface area contributed by atoms with Gasteiger partial charge in [-0.15, -0.1) is 0 Å². The van der Waals surface area contributed by atoms with Gasteiger partial charge >= 0.3 is 0 Å². The number of aromatic nitrogens is 3. The summed E-state index contributed by atoms with van der Waals surface area (Å²) in [4.78, 5) is 3.70. The number of hydrogen-bond donors (Lipinski definition) is 0. The predicted octanol–water partition coefficient (Wildman–Crippen LogP) is 0.646. The highest BCUT2D eigenvalue weighted by molar-refractivity contribution is 7.71. The maximum atomic E-state index is 4.77. The van der Waals surface area contributed by atoms with Crippen molar-refractivity contribution in [1.29, 1.82) is 0 Å². The normalized spacial score (nSPS) is 9.12.